The van der Waals surface area contributed by atoms with Crippen LogP contribution in [0.15, 0.2) is 0 Å². The number of hydrogen-bond acceptors (Lipinski definition) is 0. The summed E-state index contributed by atoms with van der Waals surface area (Å²) >= 11 is 0. The van der Waals surface area contributed by atoms with Crippen LogP contribution in [0.2, 0.25) is 20.5 Å². The maximum atomic E-state index is 13.2. The molecule has 0 unspecified atom stereocenters. The Balaban J connectivity index is -0.0000000811. The van der Waals surface area contributed by atoms with E-state index in [2.05, 4.69) is 0 Å². The summed E-state index contributed by atoms with van der Waals surface area (Å²) in [6.45, 7) is 4.29. The van der Waals surface area contributed by atoms with Crippen molar-refractivity contribution >= 4 is 34.7 Å². The molecule has 0 atom stereocenters. The van der Waals surface area contributed by atoms with Crippen LogP contribution in [-0.2, 0) is 0 Å². The Labute approximate surface area is 150 Å². The summed E-state index contributed by atoms with van der Waals surface area (Å²) in [6, 6.07) is 0. The Morgan fingerprint density at radius 3 is 0.913 bits per heavy atom. The minimum atomic E-state index is -2.12. The molecule has 1 aromatic rings. The summed E-state index contributed by atoms with van der Waals surface area (Å²) in [6.07, 6.45) is -1.80. The predicted molar refractivity (Wildman–Crippen MR) is 83.6 cm³/mol. The molecule has 136 valence electrons. The summed E-state index contributed by atoms with van der Waals surface area (Å²) < 4.78 is 93.1. The molecular formula is C13H22BF8Mg-. The first-order chi connectivity index (χ1) is 9.68. The third kappa shape index (κ3) is 9.39. The maximum Gasteiger partial charge on any atom is 2.00 e. The van der Waals surface area contributed by atoms with Crippen molar-refractivity contribution in [2.75, 3.05) is 21.5 Å². The minimum Gasteiger partial charge on any atom is -1.00 e. The summed E-state index contributed by atoms with van der Waals surface area (Å²) in [7, 11) is 1.50. The van der Waals surface area contributed by atoms with E-state index in [0.29, 0.717) is 21.5 Å². The van der Waals surface area contributed by atoms with E-state index in [9.17, 15) is 35.1 Å². The van der Waals surface area contributed by atoms with Crippen molar-refractivity contribution in [1.82, 2.24) is 0 Å². The Bertz CT molecular complexity index is 398. The zero-order valence-electron chi connectivity index (χ0n) is 15.3. The fourth-order valence-corrected chi connectivity index (χ4v) is 1.38. The summed E-state index contributed by atoms with van der Waals surface area (Å²) in [4.78, 5) is 0. The molecule has 1 aromatic carbocycles. The quantitative estimate of drug-likeness (QED) is 0.219. The molecule has 0 aliphatic heterocycles. The molecule has 10 heteroatoms. The Kier molecular flexibility index (Phi) is 24.1. The van der Waals surface area contributed by atoms with Crippen molar-refractivity contribution in [2.24, 2.45) is 0 Å². The third-order valence-corrected chi connectivity index (χ3v) is 2.11. The van der Waals surface area contributed by atoms with Crippen LogP contribution in [0.1, 0.15) is 1.43 Å². The SMILES string of the molecule is CF.CF.CF.C[B-](C)(C)c1c(F)c(F)c(F)c(F)c1F.[CH3-].[H-].[Mg+2]. The van der Waals surface area contributed by atoms with Gasteiger partial charge >= 0.3 is 23.1 Å². The average molecular weight is 365 g/mol. The van der Waals surface area contributed by atoms with Crippen LogP contribution in [0.3, 0.4) is 0 Å². The average Bonchev–Trinajstić information content (AvgIpc) is 2.48. The van der Waals surface area contributed by atoms with Crippen molar-refractivity contribution in [3.8, 4) is 0 Å². The van der Waals surface area contributed by atoms with E-state index in [1.807, 2.05) is 0 Å². The van der Waals surface area contributed by atoms with E-state index in [1.165, 1.54) is 20.5 Å². The van der Waals surface area contributed by atoms with Gasteiger partial charge in [-0.05, 0) is 0 Å². The Morgan fingerprint density at radius 1 is 0.565 bits per heavy atom. The minimum absolute atomic E-state index is 0. The number of halogens is 8. The molecule has 0 radical (unpaired) electrons. The smallest absolute Gasteiger partial charge is 1.00 e. The van der Waals surface area contributed by atoms with Gasteiger partial charge in [-0.3, -0.25) is 13.2 Å². The molecule has 23 heavy (non-hydrogen) atoms. The summed E-state index contributed by atoms with van der Waals surface area (Å²) in [5.41, 5.74) is -0.730. The number of benzene rings is 1. The van der Waals surface area contributed by atoms with Gasteiger partial charge < -0.3 is 8.85 Å². The monoisotopic (exact) mass is 365 g/mol. The molecule has 1 rings (SSSR count). The van der Waals surface area contributed by atoms with Gasteiger partial charge in [0.2, 0.25) is 0 Å². The molecule has 0 aromatic heterocycles. The van der Waals surface area contributed by atoms with Crippen molar-refractivity contribution < 1.29 is 36.5 Å². The molecule has 0 aliphatic rings. The van der Waals surface area contributed by atoms with Crippen LogP contribution < -0.4 is 5.46 Å². The van der Waals surface area contributed by atoms with Crippen LogP contribution in [0.5, 0.6) is 0 Å². The molecule has 0 nitrogen and oxygen atoms in total. The zero-order chi connectivity index (χ0) is 18.0. The molecule has 0 aliphatic carbocycles. The molecular weight excluding hydrogens is 343 g/mol. The molecule has 0 heterocycles. The van der Waals surface area contributed by atoms with Gasteiger partial charge in [-0.1, -0.05) is 0 Å². The van der Waals surface area contributed by atoms with Crippen molar-refractivity contribution in [3.05, 3.63) is 36.5 Å². The predicted octanol–water partition coefficient (Wildman–Crippen LogP) is 4.87. The van der Waals surface area contributed by atoms with Crippen LogP contribution in [0.25, 0.3) is 0 Å². The first kappa shape index (κ1) is 34.0. The van der Waals surface area contributed by atoms with E-state index in [0.717, 1.165) is 0 Å². The van der Waals surface area contributed by atoms with Gasteiger partial charge in [-0.2, -0.15) is 20.5 Å². The topological polar surface area (TPSA) is 0 Å². The van der Waals surface area contributed by atoms with Crippen molar-refractivity contribution in [2.45, 2.75) is 20.5 Å². The number of alkyl halides is 3. The van der Waals surface area contributed by atoms with Gasteiger partial charge in [0.1, 0.15) is 11.6 Å². The van der Waals surface area contributed by atoms with E-state index >= 15 is 0 Å². The zero-order valence-corrected chi connectivity index (χ0v) is 15.7. The normalized spacial score (nSPS) is 8.61. The fraction of sp³-hybridized carbons (Fsp3) is 0.462. The molecule has 0 saturated heterocycles. The summed E-state index contributed by atoms with van der Waals surface area (Å²) in [5, 5.41) is 0. The standard InChI is InChI=1S/C9H9BF5.3CH3F.CH3.Mg.H/c1-10(2,3)4-5(11)7(13)9(15)8(14)6(4)12;3*1-2;;;/h1-3H3;3*1H3;1H3;;/q-1;;;;-1;+2;-1. The summed E-state index contributed by atoms with van der Waals surface area (Å²) in [5.74, 6) is -9.37. The van der Waals surface area contributed by atoms with E-state index < -0.39 is 40.7 Å². The second-order valence-electron chi connectivity index (χ2n) is 4.58. The van der Waals surface area contributed by atoms with Crippen LogP contribution in [0.4, 0.5) is 35.1 Å². The van der Waals surface area contributed by atoms with Crippen molar-refractivity contribution in [3.63, 3.8) is 0 Å². The largest absolute Gasteiger partial charge is 2.00 e. The molecule has 0 amide bonds. The van der Waals surface area contributed by atoms with Crippen LogP contribution in [-0.4, -0.2) is 50.7 Å². The van der Waals surface area contributed by atoms with Gasteiger partial charge in [0.15, 0.2) is 17.5 Å². The van der Waals surface area contributed by atoms with Gasteiger partial charge in [0, 0.05) is 6.15 Å². The molecule has 0 N–H and O–H groups in total. The molecule has 0 saturated carbocycles. The second kappa shape index (κ2) is 16.4. The van der Waals surface area contributed by atoms with Gasteiger partial charge in [0.05, 0.1) is 21.5 Å². The Morgan fingerprint density at radius 2 is 0.739 bits per heavy atom. The van der Waals surface area contributed by atoms with Crippen LogP contribution >= 0.6 is 0 Å². The number of rotatable bonds is 1. The Hall–Kier alpha value is -0.509. The van der Waals surface area contributed by atoms with E-state index in [4.69, 9.17) is 0 Å². The van der Waals surface area contributed by atoms with Gasteiger partial charge in [0.25, 0.3) is 0 Å². The fourth-order valence-electron chi connectivity index (χ4n) is 1.38. The van der Waals surface area contributed by atoms with Gasteiger partial charge in [-0.25, -0.2) is 22.0 Å². The number of hydrogen-bond donors (Lipinski definition) is 0. The van der Waals surface area contributed by atoms with Crippen LogP contribution in [0, 0.1) is 36.5 Å². The van der Waals surface area contributed by atoms with E-state index in [-0.39, 0.29) is 31.9 Å². The third-order valence-electron chi connectivity index (χ3n) is 2.11. The molecule has 0 fully saturated rings. The molecule has 0 spiro atoms. The van der Waals surface area contributed by atoms with Crippen molar-refractivity contribution in [1.29, 1.82) is 0 Å². The first-order valence-electron chi connectivity index (χ1n) is 5.60. The first-order valence-corrected chi connectivity index (χ1v) is 5.60. The molecule has 0 bridgehead atoms. The second-order valence-corrected chi connectivity index (χ2v) is 4.58. The van der Waals surface area contributed by atoms with E-state index in [1.54, 1.807) is 0 Å². The van der Waals surface area contributed by atoms with Gasteiger partial charge in [-0.15, -0.1) is 5.46 Å². The maximum absolute atomic E-state index is 13.2.